The van der Waals surface area contributed by atoms with Gasteiger partial charge in [-0.15, -0.1) is 11.3 Å². The van der Waals surface area contributed by atoms with Crippen LogP contribution in [0.2, 0.25) is 0 Å². The van der Waals surface area contributed by atoms with E-state index < -0.39 is 0 Å². The first-order valence-corrected chi connectivity index (χ1v) is 9.02. The average Bonchev–Trinajstić information content (AvgIpc) is 3.13. The molecule has 0 bridgehead atoms. The van der Waals surface area contributed by atoms with Crippen molar-refractivity contribution in [3.63, 3.8) is 0 Å². The summed E-state index contributed by atoms with van der Waals surface area (Å²) in [4.78, 5) is 23.0. The molecule has 0 radical (unpaired) electrons. The fourth-order valence-corrected chi connectivity index (χ4v) is 3.35. The Morgan fingerprint density at radius 2 is 2.00 bits per heavy atom. The van der Waals surface area contributed by atoms with Gasteiger partial charge in [-0.3, -0.25) is 9.69 Å². The summed E-state index contributed by atoms with van der Waals surface area (Å²) < 4.78 is 5.22. The molecule has 0 fully saturated rings. The maximum atomic E-state index is 12.1. The van der Waals surface area contributed by atoms with E-state index in [1.165, 1.54) is 4.88 Å². The van der Waals surface area contributed by atoms with Crippen molar-refractivity contribution >= 4 is 11.3 Å². The number of aromatic nitrogens is 2. The van der Waals surface area contributed by atoms with Gasteiger partial charge in [-0.1, -0.05) is 36.4 Å². The zero-order chi connectivity index (χ0) is 17.5. The molecule has 2 heterocycles. The minimum absolute atomic E-state index is 0.133. The Labute approximate surface area is 150 Å². The average molecular weight is 355 g/mol. The van der Waals surface area contributed by atoms with Crippen LogP contribution in [0.15, 0.2) is 58.7 Å². The highest BCUT2D eigenvalue weighted by Gasteiger charge is 2.11. The van der Waals surface area contributed by atoms with Gasteiger partial charge in [0.25, 0.3) is 5.56 Å². The van der Waals surface area contributed by atoms with Gasteiger partial charge in [0, 0.05) is 43.3 Å². The van der Waals surface area contributed by atoms with E-state index >= 15 is 0 Å². The molecule has 1 aromatic carbocycles. The number of H-pyrrole nitrogens is 1. The lowest BCUT2D eigenvalue weighted by molar-refractivity contribution is 0.140. The molecule has 3 aromatic rings. The smallest absolute Gasteiger partial charge is 0.251 e. The van der Waals surface area contributed by atoms with Crippen molar-refractivity contribution in [2.24, 2.45) is 0 Å². The van der Waals surface area contributed by atoms with E-state index in [4.69, 9.17) is 4.74 Å². The van der Waals surface area contributed by atoms with Gasteiger partial charge in [0.05, 0.1) is 12.3 Å². The van der Waals surface area contributed by atoms with Gasteiger partial charge < -0.3 is 9.72 Å². The van der Waals surface area contributed by atoms with E-state index in [2.05, 4.69) is 26.3 Å². The second-order valence-electron chi connectivity index (χ2n) is 5.73. The lowest BCUT2D eigenvalue weighted by atomic mass is 10.2. The monoisotopic (exact) mass is 355 g/mol. The molecule has 3 rings (SSSR count). The number of ether oxygens (including phenoxy) is 1. The summed E-state index contributed by atoms with van der Waals surface area (Å²) in [7, 11) is 1.70. The van der Waals surface area contributed by atoms with Gasteiger partial charge in [-0.25, -0.2) is 4.98 Å². The summed E-state index contributed by atoms with van der Waals surface area (Å²) in [6.45, 7) is 2.84. The third-order valence-corrected chi connectivity index (χ3v) is 4.66. The fraction of sp³-hybridized carbons (Fsp3) is 0.263. The van der Waals surface area contributed by atoms with E-state index in [0.717, 1.165) is 24.3 Å². The molecule has 6 heteroatoms. The van der Waals surface area contributed by atoms with Crippen LogP contribution >= 0.6 is 11.3 Å². The molecular weight excluding hydrogens is 334 g/mol. The molecule has 0 aliphatic heterocycles. The molecule has 130 valence electrons. The molecule has 0 saturated carbocycles. The number of hydrogen-bond acceptors (Lipinski definition) is 5. The van der Waals surface area contributed by atoms with Crippen LogP contribution < -0.4 is 5.56 Å². The minimum atomic E-state index is -0.133. The molecule has 25 heavy (non-hydrogen) atoms. The maximum Gasteiger partial charge on any atom is 0.251 e. The molecule has 0 saturated heterocycles. The molecular formula is C19H21N3O2S. The van der Waals surface area contributed by atoms with Gasteiger partial charge in [0.1, 0.15) is 5.82 Å². The molecule has 1 N–H and O–H groups in total. The SMILES string of the molecule is COCCN(Cc1cc(=O)[nH]c(-c2ccccc2)n1)Cc1cccs1. The molecule has 0 unspecified atom stereocenters. The predicted octanol–water partition coefficient (Wildman–Crippen LogP) is 3.15. The fourth-order valence-electron chi connectivity index (χ4n) is 2.61. The molecule has 0 atom stereocenters. The molecule has 5 nitrogen and oxygen atoms in total. The zero-order valence-corrected chi connectivity index (χ0v) is 15.0. The Bertz CT molecular complexity index is 831. The molecule has 0 spiro atoms. The highest BCUT2D eigenvalue weighted by atomic mass is 32.1. The van der Waals surface area contributed by atoms with Gasteiger partial charge in [0.2, 0.25) is 0 Å². The van der Waals surface area contributed by atoms with Crippen molar-refractivity contribution < 1.29 is 4.74 Å². The first-order valence-electron chi connectivity index (χ1n) is 8.14. The second kappa shape index (κ2) is 8.71. The Balaban J connectivity index is 1.81. The molecule has 0 aliphatic carbocycles. The van der Waals surface area contributed by atoms with E-state index in [-0.39, 0.29) is 5.56 Å². The van der Waals surface area contributed by atoms with Crippen molar-refractivity contribution in [3.8, 4) is 11.4 Å². The normalized spacial score (nSPS) is 11.1. The maximum absolute atomic E-state index is 12.1. The third kappa shape index (κ3) is 5.09. The highest BCUT2D eigenvalue weighted by molar-refractivity contribution is 7.09. The zero-order valence-electron chi connectivity index (χ0n) is 14.1. The van der Waals surface area contributed by atoms with E-state index in [1.54, 1.807) is 24.5 Å². The van der Waals surface area contributed by atoms with Gasteiger partial charge in [-0.2, -0.15) is 0 Å². The predicted molar refractivity (Wildman–Crippen MR) is 101 cm³/mol. The van der Waals surface area contributed by atoms with Crippen LogP contribution in [0.1, 0.15) is 10.6 Å². The number of rotatable bonds is 8. The Hall–Kier alpha value is -2.28. The quantitative estimate of drug-likeness (QED) is 0.674. The number of thiophene rings is 1. The first-order chi connectivity index (χ1) is 12.2. The summed E-state index contributed by atoms with van der Waals surface area (Å²) in [6.07, 6.45) is 0. The largest absolute Gasteiger partial charge is 0.383 e. The van der Waals surface area contributed by atoms with Gasteiger partial charge in [0.15, 0.2) is 0 Å². The Kier molecular flexibility index (Phi) is 6.11. The molecule has 2 aromatic heterocycles. The Morgan fingerprint density at radius 1 is 1.16 bits per heavy atom. The van der Waals surface area contributed by atoms with Crippen molar-refractivity contribution in [2.45, 2.75) is 13.1 Å². The van der Waals surface area contributed by atoms with Crippen molar-refractivity contribution in [2.75, 3.05) is 20.3 Å². The van der Waals surface area contributed by atoms with E-state index in [1.807, 2.05) is 36.4 Å². The van der Waals surface area contributed by atoms with Crippen LogP contribution in [0.3, 0.4) is 0 Å². The number of nitrogens with one attached hydrogen (secondary N) is 1. The van der Waals surface area contributed by atoms with Crippen LogP contribution in [0.25, 0.3) is 11.4 Å². The summed E-state index contributed by atoms with van der Waals surface area (Å²) in [5.41, 5.74) is 1.53. The Morgan fingerprint density at radius 3 is 2.72 bits per heavy atom. The second-order valence-corrected chi connectivity index (χ2v) is 6.77. The van der Waals surface area contributed by atoms with Crippen LogP contribution in [-0.2, 0) is 17.8 Å². The van der Waals surface area contributed by atoms with Crippen molar-refractivity contribution in [1.29, 1.82) is 0 Å². The molecule has 0 aliphatic rings. The van der Waals surface area contributed by atoms with Crippen molar-refractivity contribution in [3.05, 3.63) is 74.8 Å². The van der Waals surface area contributed by atoms with Crippen LogP contribution in [0.5, 0.6) is 0 Å². The number of benzene rings is 1. The number of aromatic amines is 1. The summed E-state index contributed by atoms with van der Waals surface area (Å²) in [6, 6.07) is 15.4. The number of methoxy groups -OCH3 is 1. The summed E-state index contributed by atoms with van der Waals surface area (Å²) >= 11 is 1.73. The standard InChI is InChI=1S/C19H21N3O2S/c1-24-10-9-22(14-17-8-5-11-25-17)13-16-12-18(23)21-19(20-16)15-6-3-2-4-7-15/h2-8,11-12H,9-10,13-14H2,1H3,(H,20,21,23). The van der Waals surface area contributed by atoms with E-state index in [0.29, 0.717) is 19.0 Å². The molecule has 0 amide bonds. The summed E-state index contributed by atoms with van der Waals surface area (Å²) in [5, 5.41) is 2.07. The van der Waals surface area contributed by atoms with E-state index in [9.17, 15) is 4.79 Å². The van der Waals surface area contributed by atoms with Crippen molar-refractivity contribution in [1.82, 2.24) is 14.9 Å². The lowest BCUT2D eigenvalue weighted by Gasteiger charge is -2.21. The van der Waals surface area contributed by atoms with Crippen LogP contribution in [0, 0.1) is 0 Å². The highest BCUT2D eigenvalue weighted by Crippen LogP contribution is 2.16. The topological polar surface area (TPSA) is 58.2 Å². The number of nitrogens with zero attached hydrogens (tertiary/aromatic N) is 2. The lowest BCUT2D eigenvalue weighted by Crippen LogP contribution is -2.27. The van der Waals surface area contributed by atoms with Gasteiger partial charge >= 0.3 is 0 Å². The first kappa shape index (κ1) is 17.5. The number of hydrogen-bond donors (Lipinski definition) is 1. The minimum Gasteiger partial charge on any atom is -0.383 e. The van der Waals surface area contributed by atoms with Crippen LogP contribution in [-0.4, -0.2) is 35.1 Å². The van der Waals surface area contributed by atoms with Gasteiger partial charge in [-0.05, 0) is 11.4 Å². The summed E-state index contributed by atoms with van der Waals surface area (Å²) in [5.74, 6) is 0.603. The van der Waals surface area contributed by atoms with Crippen LogP contribution in [0.4, 0.5) is 0 Å². The third-order valence-electron chi connectivity index (χ3n) is 3.80.